The fraction of sp³-hybridized carbons (Fsp3) is 0.370. The number of halogens is 1. The first-order valence-electron chi connectivity index (χ1n) is 12.2. The van der Waals surface area contributed by atoms with E-state index in [9.17, 15) is 14.4 Å². The van der Waals surface area contributed by atoms with Crippen molar-refractivity contribution in [1.29, 1.82) is 0 Å². The molecule has 0 radical (unpaired) electrons. The van der Waals surface area contributed by atoms with Crippen LogP contribution in [0.4, 0.5) is 10.5 Å². The molecule has 1 aliphatic heterocycles. The molecule has 10 heteroatoms. The van der Waals surface area contributed by atoms with Gasteiger partial charge in [-0.05, 0) is 86.0 Å². The van der Waals surface area contributed by atoms with Crippen LogP contribution >= 0.6 is 15.9 Å². The number of hydrogen-bond acceptors (Lipinski definition) is 7. The van der Waals surface area contributed by atoms with Gasteiger partial charge >= 0.3 is 6.03 Å². The summed E-state index contributed by atoms with van der Waals surface area (Å²) in [5, 5.41) is 2.24. The molecule has 1 heterocycles. The van der Waals surface area contributed by atoms with Gasteiger partial charge in [-0.1, -0.05) is 6.92 Å². The van der Waals surface area contributed by atoms with E-state index in [0.717, 1.165) is 11.3 Å². The molecule has 2 aromatic rings. The van der Waals surface area contributed by atoms with E-state index < -0.39 is 17.8 Å². The van der Waals surface area contributed by atoms with Gasteiger partial charge in [-0.2, -0.15) is 0 Å². The van der Waals surface area contributed by atoms with E-state index in [2.05, 4.69) is 21.2 Å². The standard InChI is InChI=1S/C27H31BrN2O7/c1-6-16(5)37-24-20(28)13-17(14-23(24)36-9-4)12-19-25(31)29-27(33)30(26(19)32)21-15-18(34-7-2)10-11-22(21)35-8-3/h10-16H,6-9H2,1-5H3,(H,29,31,33)/b19-12+/t16-/m1/s1. The number of benzene rings is 2. The van der Waals surface area contributed by atoms with Gasteiger partial charge in [0.2, 0.25) is 0 Å². The minimum absolute atomic E-state index is 0.0445. The number of carbonyl (C=O) groups is 3. The number of anilines is 1. The highest BCUT2D eigenvalue weighted by atomic mass is 79.9. The molecule has 0 unspecified atom stereocenters. The van der Waals surface area contributed by atoms with Crippen LogP contribution in [0.25, 0.3) is 6.08 Å². The summed E-state index contributed by atoms with van der Waals surface area (Å²) in [4.78, 5) is 40.0. The number of urea groups is 1. The predicted octanol–water partition coefficient (Wildman–Crippen LogP) is 5.49. The van der Waals surface area contributed by atoms with E-state index in [1.165, 1.54) is 12.1 Å². The molecule has 37 heavy (non-hydrogen) atoms. The molecule has 9 nitrogen and oxygen atoms in total. The Hall–Kier alpha value is -3.53. The van der Waals surface area contributed by atoms with E-state index in [1.807, 2.05) is 27.7 Å². The Bertz CT molecular complexity index is 1210. The molecular weight excluding hydrogens is 544 g/mol. The van der Waals surface area contributed by atoms with Crippen LogP contribution in [0.3, 0.4) is 0 Å². The number of nitrogens with one attached hydrogen (secondary N) is 1. The van der Waals surface area contributed by atoms with E-state index in [0.29, 0.717) is 52.9 Å². The number of barbiturate groups is 1. The maximum Gasteiger partial charge on any atom is 0.336 e. The fourth-order valence-electron chi connectivity index (χ4n) is 3.58. The van der Waals surface area contributed by atoms with Crippen molar-refractivity contribution in [3.05, 3.63) is 45.9 Å². The van der Waals surface area contributed by atoms with Gasteiger partial charge in [0.05, 0.1) is 36.1 Å². The maximum atomic E-state index is 13.5. The van der Waals surface area contributed by atoms with Gasteiger partial charge in [-0.3, -0.25) is 14.9 Å². The molecule has 1 atom stereocenters. The summed E-state index contributed by atoms with van der Waals surface area (Å²) in [6, 6.07) is 7.35. The first-order valence-corrected chi connectivity index (χ1v) is 13.0. The lowest BCUT2D eigenvalue weighted by Gasteiger charge is -2.28. The van der Waals surface area contributed by atoms with Crippen LogP contribution in [-0.2, 0) is 9.59 Å². The van der Waals surface area contributed by atoms with Crippen LogP contribution < -0.4 is 29.2 Å². The normalized spacial score (nSPS) is 15.5. The number of amides is 4. The second-order valence-electron chi connectivity index (χ2n) is 8.05. The van der Waals surface area contributed by atoms with Crippen molar-refractivity contribution >= 4 is 45.5 Å². The number of imide groups is 2. The zero-order valence-corrected chi connectivity index (χ0v) is 23.1. The molecule has 198 valence electrons. The van der Waals surface area contributed by atoms with Crippen LogP contribution in [0.15, 0.2) is 40.4 Å². The highest BCUT2D eigenvalue weighted by Crippen LogP contribution is 2.39. The van der Waals surface area contributed by atoms with E-state index in [4.69, 9.17) is 18.9 Å². The number of carbonyl (C=O) groups excluding carboxylic acids is 3. The van der Waals surface area contributed by atoms with E-state index in [-0.39, 0.29) is 17.4 Å². The largest absolute Gasteiger partial charge is 0.494 e. The number of rotatable bonds is 11. The quantitative estimate of drug-likeness (QED) is 0.279. The Labute approximate surface area is 224 Å². The predicted molar refractivity (Wildman–Crippen MR) is 143 cm³/mol. The first kappa shape index (κ1) is 28.0. The molecular formula is C27H31BrN2O7. The van der Waals surface area contributed by atoms with Crippen molar-refractivity contribution in [3.8, 4) is 23.0 Å². The average Bonchev–Trinajstić information content (AvgIpc) is 2.85. The van der Waals surface area contributed by atoms with Crippen molar-refractivity contribution in [2.24, 2.45) is 0 Å². The minimum Gasteiger partial charge on any atom is -0.494 e. The SMILES string of the molecule is CCOc1ccc(OCC)c(N2C(=O)NC(=O)/C(=C\c3cc(Br)c(O[C@H](C)CC)c(OCC)c3)C2=O)c1. The molecule has 2 aromatic carbocycles. The van der Waals surface area contributed by atoms with Crippen LogP contribution in [0, 0.1) is 0 Å². The third-order valence-corrected chi connectivity index (χ3v) is 6.01. The molecule has 1 fully saturated rings. The summed E-state index contributed by atoms with van der Waals surface area (Å²) in [7, 11) is 0. The summed E-state index contributed by atoms with van der Waals surface area (Å²) < 4.78 is 23.6. The summed E-state index contributed by atoms with van der Waals surface area (Å²) in [5.74, 6) is 0.145. The molecule has 0 spiro atoms. The van der Waals surface area contributed by atoms with E-state index >= 15 is 0 Å². The second kappa shape index (κ2) is 12.6. The molecule has 0 aliphatic carbocycles. The van der Waals surface area contributed by atoms with Crippen LogP contribution in [0.5, 0.6) is 23.0 Å². The van der Waals surface area contributed by atoms with Crippen LogP contribution in [-0.4, -0.2) is 43.8 Å². The Morgan fingerprint density at radius 3 is 2.27 bits per heavy atom. The topological polar surface area (TPSA) is 103 Å². The first-order chi connectivity index (χ1) is 17.7. The molecule has 1 saturated heterocycles. The Kier molecular flexibility index (Phi) is 9.57. The molecule has 3 rings (SSSR count). The monoisotopic (exact) mass is 574 g/mol. The summed E-state index contributed by atoms with van der Waals surface area (Å²) in [6.45, 7) is 10.5. The molecule has 0 saturated carbocycles. The van der Waals surface area contributed by atoms with Gasteiger partial charge in [0.25, 0.3) is 11.8 Å². The molecule has 0 aromatic heterocycles. The summed E-state index contributed by atoms with van der Waals surface area (Å²) in [6.07, 6.45) is 2.16. The van der Waals surface area contributed by atoms with Gasteiger partial charge < -0.3 is 18.9 Å². The lowest BCUT2D eigenvalue weighted by molar-refractivity contribution is -0.122. The number of hydrogen-bond donors (Lipinski definition) is 1. The minimum atomic E-state index is -0.879. The van der Waals surface area contributed by atoms with E-state index in [1.54, 1.807) is 31.2 Å². The third-order valence-electron chi connectivity index (χ3n) is 5.42. The van der Waals surface area contributed by atoms with Crippen molar-refractivity contribution < 1.29 is 33.3 Å². The summed E-state index contributed by atoms with van der Waals surface area (Å²) >= 11 is 3.51. The van der Waals surface area contributed by atoms with Gasteiger partial charge in [-0.25, -0.2) is 9.69 Å². The van der Waals surface area contributed by atoms with Gasteiger partial charge in [-0.15, -0.1) is 0 Å². The molecule has 1 N–H and O–H groups in total. The Morgan fingerprint density at radius 2 is 1.62 bits per heavy atom. The smallest absolute Gasteiger partial charge is 0.336 e. The molecule has 1 aliphatic rings. The zero-order valence-electron chi connectivity index (χ0n) is 21.6. The van der Waals surface area contributed by atoms with Crippen LogP contribution in [0.1, 0.15) is 46.6 Å². The fourth-order valence-corrected chi connectivity index (χ4v) is 4.14. The molecule has 4 amide bonds. The third kappa shape index (κ3) is 6.43. The highest BCUT2D eigenvalue weighted by Gasteiger charge is 2.38. The lowest BCUT2D eigenvalue weighted by atomic mass is 10.1. The maximum absolute atomic E-state index is 13.5. The second-order valence-corrected chi connectivity index (χ2v) is 8.91. The van der Waals surface area contributed by atoms with Crippen molar-refractivity contribution in [2.75, 3.05) is 24.7 Å². The lowest BCUT2D eigenvalue weighted by Crippen LogP contribution is -2.54. The number of ether oxygens (including phenoxy) is 4. The Morgan fingerprint density at radius 1 is 0.946 bits per heavy atom. The average molecular weight is 575 g/mol. The van der Waals surface area contributed by atoms with Crippen LogP contribution in [0.2, 0.25) is 0 Å². The zero-order chi connectivity index (χ0) is 27.1. The molecule has 0 bridgehead atoms. The summed E-state index contributed by atoms with van der Waals surface area (Å²) in [5.41, 5.74) is 0.448. The van der Waals surface area contributed by atoms with Crippen molar-refractivity contribution in [2.45, 2.75) is 47.1 Å². The Balaban J connectivity index is 2.07. The van der Waals surface area contributed by atoms with Crippen molar-refractivity contribution in [1.82, 2.24) is 5.32 Å². The van der Waals surface area contributed by atoms with Gasteiger partial charge in [0, 0.05) is 6.07 Å². The van der Waals surface area contributed by atoms with Crippen molar-refractivity contribution in [3.63, 3.8) is 0 Å². The highest BCUT2D eigenvalue weighted by molar-refractivity contribution is 9.10. The number of nitrogens with zero attached hydrogens (tertiary/aromatic N) is 1. The van der Waals surface area contributed by atoms with Gasteiger partial charge in [0.15, 0.2) is 11.5 Å². The van der Waals surface area contributed by atoms with Gasteiger partial charge in [0.1, 0.15) is 17.1 Å².